The van der Waals surface area contributed by atoms with E-state index in [1.165, 1.54) is 29.6 Å². The Morgan fingerprint density at radius 3 is 2.34 bits per heavy atom. The summed E-state index contributed by atoms with van der Waals surface area (Å²) in [4.78, 5) is 42.1. The molecule has 1 N–H and O–H groups in total. The van der Waals surface area contributed by atoms with Gasteiger partial charge in [-0.1, -0.05) is 24.3 Å². The van der Waals surface area contributed by atoms with E-state index < -0.39 is 5.97 Å². The summed E-state index contributed by atoms with van der Waals surface area (Å²) in [6.07, 6.45) is 0. The molecule has 0 spiro atoms. The van der Waals surface area contributed by atoms with Gasteiger partial charge in [-0.2, -0.15) is 0 Å². The molecule has 32 heavy (non-hydrogen) atoms. The van der Waals surface area contributed by atoms with Crippen molar-refractivity contribution in [1.29, 1.82) is 0 Å². The van der Waals surface area contributed by atoms with Crippen molar-refractivity contribution in [2.75, 3.05) is 11.9 Å². The number of carbonyl (C=O) groups excluding carboxylic acids is 3. The van der Waals surface area contributed by atoms with Gasteiger partial charge in [0.1, 0.15) is 14.9 Å². The fourth-order valence-corrected chi connectivity index (χ4v) is 5.50. The average molecular weight is 465 g/mol. The molecule has 0 fully saturated rings. The summed E-state index contributed by atoms with van der Waals surface area (Å²) in [7, 11) is 0. The van der Waals surface area contributed by atoms with E-state index in [1.807, 2.05) is 31.2 Å². The number of rotatable bonds is 6. The first-order valence-electron chi connectivity index (χ1n) is 9.97. The number of amides is 1. The van der Waals surface area contributed by atoms with Crippen LogP contribution in [0.25, 0.3) is 20.8 Å². The molecule has 1 amide bonds. The predicted molar refractivity (Wildman–Crippen MR) is 128 cm³/mol. The van der Waals surface area contributed by atoms with Crippen molar-refractivity contribution < 1.29 is 19.1 Å². The van der Waals surface area contributed by atoms with Crippen molar-refractivity contribution in [1.82, 2.24) is 4.98 Å². The Labute approximate surface area is 192 Å². The Morgan fingerprint density at radius 1 is 1.00 bits per heavy atom. The molecule has 6 nitrogen and oxygen atoms in total. The highest BCUT2D eigenvalue weighted by Gasteiger charge is 2.25. The lowest BCUT2D eigenvalue weighted by Crippen LogP contribution is -2.11. The van der Waals surface area contributed by atoms with Crippen LogP contribution in [-0.4, -0.2) is 29.3 Å². The molecule has 2 aromatic carbocycles. The number of nitrogens with zero attached hydrogens (tertiary/aromatic N) is 1. The van der Waals surface area contributed by atoms with Gasteiger partial charge < -0.3 is 10.1 Å². The molecule has 0 aliphatic carbocycles. The van der Waals surface area contributed by atoms with E-state index in [4.69, 9.17) is 9.72 Å². The molecule has 0 aliphatic rings. The molecular weight excluding hydrogens is 444 g/mol. The van der Waals surface area contributed by atoms with Crippen LogP contribution in [0, 0.1) is 6.92 Å². The largest absolute Gasteiger partial charge is 0.462 e. The Balaban J connectivity index is 1.76. The van der Waals surface area contributed by atoms with Gasteiger partial charge in [0.05, 0.1) is 16.8 Å². The number of nitrogens with one attached hydrogen (secondary N) is 1. The number of esters is 1. The number of ketones is 1. The third-order valence-corrected chi connectivity index (χ3v) is 7.14. The molecule has 0 bridgehead atoms. The fourth-order valence-electron chi connectivity index (χ4n) is 3.26. The minimum Gasteiger partial charge on any atom is -0.462 e. The van der Waals surface area contributed by atoms with Crippen molar-refractivity contribution in [3.8, 4) is 10.6 Å². The number of fused-ring (bicyclic) bond motifs is 1. The summed E-state index contributed by atoms with van der Waals surface area (Å²) < 4.78 is 6.22. The van der Waals surface area contributed by atoms with E-state index >= 15 is 0 Å². The van der Waals surface area contributed by atoms with Gasteiger partial charge in [-0.15, -0.1) is 22.7 Å². The maximum atomic E-state index is 12.9. The number of thiazole rings is 1. The highest BCUT2D eigenvalue weighted by atomic mass is 32.1. The van der Waals surface area contributed by atoms with E-state index in [2.05, 4.69) is 5.32 Å². The van der Waals surface area contributed by atoms with Crippen molar-refractivity contribution >= 4 is 55.6 Å². The monoisotopic (exact) mass is 464 g/mol. The topological polar surface area (TPSA) is 85.4 Å². The minimum absolute atomic E-state index is 0.0666. The second-order valence-electron chi connectivity index (χ2n) is 7.06. The Kier molecular flexibility index (Phi) is 6.16. The molecule has 0 atom stereocenters. The van der Waals surface area contributed by atoms with Crippen LogP contribution in [0.5, 0.6) is 0 Å². The first-order valence-corrected chi connectivity index (χ1v) is 11.6. The zero-order valence-electron chi connectivity index (χ0n) is 17.7. The molecule has 2 aromatic heterocycles. The van der Waals surface area contributed by atoms with Crippen LogP contribution in [0.1, 0.15) is 49.8 Å². The highest BCUT2D eigenvalue weighted by molar-refractivity contribution is 7.23. The maximum absolute atomic E-state index is 12.9. The second-order valence-corrected chi connectivity index (χ2v) is 9.11. The first-order chi connectivity index (χ1) is 15.4. The smallest absolute Gasteiger partial charge is 0.348 e. The van der Waals surface area contributed by atoms with Gasteiger partial charge in [-0.3, -0.25) is 9.59 Å². The number of thiophene rings is 1. The Bertz CT molecular complexity index is 1300. The van der Waals surface area contributed by atoms with Crippen molar-refractivity contribution in [2.24, 2.45) is 0 Å². The average Bonchev–Trinajstić information content (AvgIpc) is 3.34. The zero-order chi connectivity index (χ0) is 22.8. The SMILES string of the molecule is CCOC(=O)c1sc(NC(=O)c2ccc(C(C)=O)cc2)c(-c2nc3ccccc3s2)c1C. The third-order valence-electron chi connectivity index (χ3n) is 4.90. The van der Waals surface area contributed by atoms with Gasteiger partial charge in [0.15, 0.2) is 5.78 Å². The summed E-state index contributed by atoms with van der Waals surface area (Å²) in [5, 5.41) is 4.18. The number of ether oxygens (including phenoxy) is 1. The zero-order valence-corrected chi connectivity index (χ0v) is 19.4. The lowest BCUT2D eigenvalue weighted by atomic mass is 10.1. The third kappa shape index (κ3) is 4.19. The van der Waals surface area contributed by atoms with E-state index in [9.17, 15) is 14.4 Å². The van der Waals surface area contributed by atoms with Gasteiger partial charge in [-0.05, 0) is 50.6 Å². The highest BCUT2D eigenvalue weighted by Crippen LogP contribution is 2.43. The Hall–Kier alpha value is -3.36. The van der Waals surface area contributed by atoms with Crippen LogP contribution in [0.4, 0.5) is 5.00 Å². The number of benzene rings is 2. The molecule has 0 unspecified atom stereocenters. The van der Waals surface area contributed by atoms with Gasteiger partial charge in [0.25, 0.3) is 5.91 Å². The van der Waals surface area contributed by atoms with Crippen LogP contribution in [0.3, 0.4) is 0 Å². The molecular formula is C24H20N2O4S2. The lowest BCUT2D eigenvalue weighted by molar-refractivity contribution is 0.0531. The quantitative estimate of drug-likeness (QED) is 0.281. The number of Topliss-reactive ketones (excluding diaryl/α,β-unsaturated/α-hetero) is 1. The molecule has 0 radical (unpaired) electrons. The molecule has 2 heterocycles. The van der Waals surface area contributed by atoms with Crippen molar-refractivity contribution in [3.63, 3.8) is 0 Å². The second kappa shape index (κ2) is 9.02. The Morgan fingerprint density at radius 2 is 1.69 bits per heavy atom. The van der Waals surface area contributed by atoms with E-state index in [1.54, 1.807) is 31.2 Å². The summed E-state index contributed by atoms with van der Waals surface area (Å²) >= 11 is 2.68. The number of carbonyl (C=O) groups is 3. The number of hydrogen-bond donors (Lipinski definition) is 1. The van der Waals surface area contributed by atoms with Crippen molar-refractivity contribution in [3.05, 3.63) is 70.1 Å². The van der Waals surface area contributed by atoms with Gasteiger partial charge in [0.2, 0.25) is 0 Å². The van der Waals surface area contributed by atoms with Gasteiger partial charge in [-0.25, -0.2) is 9.78 Å². The van der Waals surface area contributed by atoms with E-state index in [-0.39, 0.29) is 18.3 Å². The van der Waals surface area contributed by atoms with Gasteiger partial charge >= 0.3 is 5.97 Å². The van der Waals surface area contributed by atoms with E-state index in [0.29, 0.717) is 26.6 Å². The summed E-state index contributed by atoms with van der Waals surface area (Å²) in [6, 6.07) is 14.2. The molecule has 0 saturated heterocycles. The predicted octanol–water partition coefficient (Wildman–Crippen LogP) is 5.96. The normalized spacial score (nSPS) is 10.8. The molecule has 0 saturated carbocycles. The molecule has 4 aromatic rings. The summed E-state index contributed by atoms with van der Waals surface area (Å²) in [5.74, 6) is -0.828. The molecule has 0 aliphatic heterocycles. The van der Waals surface area contributed by atoms with Crippen LogP contribution in [-0.2, 0) is 4.74 Å². The molecule has 162 valence electrons. The molecule has 4 rings (SSSR count). The van der Waals surface area contributed by atoms with Crippen LogP contribution >= 0.6 is 22.7 Å². The molecule has 8 heteroatoms. The van der Waals surface area contributed by atoms with Crippen LogP contribution in [0.15, 0.2) is 48.5 Å². The summed E-state index contributed by atoms with van der Waals surface area (Å²) in [5.41, 5.74) is 3.23. The standard InChI is InChI=1S/C24H20N2O4S2/c1-4-30-24(29)20-13(2)19(22-25-17-7-5-6-8-18(17)31-22)23(32-20)26-21(28)16-11-9-15(10-12-16)14(3)27/h5-12H,4H2,1-3H3,(H,26,28). The van der Waals surface area contributed by atoms with Gasteiger partial charge in [0, 0.05) is 16.7 Å². The maximum Gasteiger partial charge on any atom is 0.348 e. The first kappa shape index (κ1) is 21.9. The number of hydrogen-bond acceptors (Lipinski definition) is 7. The van der Waals surface area contributed by atoms with Crippen LogP contribution in [0.2, 0.25) is 0 Å². The fraction of sp³-hybridized carbons (Fsp3) is 0.167. The lowest BCUT2D eigenvalue weighted by Gasteiger charge is -2.06. The summed E-state index contributed by atoms with van der Waals surface area (Å²) in [6.45, 7) is 5.33. The van der Waals surface area contributed by atoms with E-state index in [0.717, 1.165) is 20.8 Å². The number of para-hydroxylation sites is 1. The number of anilines is 1. The minimum atomic E-state index is -0.427. The number of aromatic nitrogens is 1. The van der Waals surface area contributed by atoms with Crippen LogP contribution < -0.4 is 5.32 Å². The van der Waals surface area contributed by atoms with Crippen molar-refractivity contribution in [2.45, 2.75) is 20.8 Å².